The van der Waals surface area contributed by atoms with Gasteiger partial charge >= 0.3 is 0 Å². The minimum Gasteiger partial charge on any atom is -0.375 e. The summed E-state index contributed by atoms with van der Waals surface area (Å²) >= 11 is 0. The molecule has 0 radical (unpaired) electrons. The van der Waals surface area contributed by atoms with Crippen LogP contribution in [0.15, 0.2) is 11.6 Å². The lowest BCUT2D eigenvalue weighted by Crippen LogP contribution is -2.33. The topological polar surface area (TPSA) is 18.5 Å². The molecule has 2 heterocycles. The fraction of sp³-hybridized carbons (Fsp3) is 0.857. The molecule has 1 saturated heterocycles. The van der Waals surface area contributed by atoms with Crippen LogP contribution in [0.1, 0.15) is 46.5 Å². The van der Waals surface area contributed by atoms with Crippen molar-refractivity contribution >= 4 is 0 Å². The van der Waals surface area contributed by atoms with Crippen molar-refractivity contribution in [1.82, 2.24) is 0 Å². The lowest BCUT2D eigenvalue weighted by Gasteiger charge is -2.34. The number of ether oxygens (including phenoxy) is 2. The van der Waals surface area contributed by atoms with Crippen molar-refractivity contribution in [3.63, 3.8) is 0 Å². The first-order valence-electron chi connectivity index (χ1n) is 6.54. The fourth-order valence-corrected chi connectivity index (χ4v) is 2.52. The Kier molecular flexibility index (Phi) is 3.70. The van der Waals surface area contributed by atoms with Gasteiger partial charge in [-0.1, -0.05) is 13.0 Å². The van der Waals surface area contributed by atoms with Gasteiger partial charge in [-0.3, -0.25) is 0 Å². The van der Waals surface area contributed by atoms with Gasteiger partial charge in [-0.2, -0.15) is 0 Å². The lowest BCUT2D eigenvalue weighted by molar-refractivity contribution is -0.0764. The smallest absolute Gasteiger partial charge is 0.0761 e. The van der Waals surface area contributed by atoms with E-state index < -0.39 is 0 Å². The van der Waals surface area contributed by atoms with Crippen molar-refractivity contribution in [1.29, 1.82) is 0 Å². The second-order valence-corrected chi connectivity index (χ2v) is 5.76. The summed E-state index contributed by atoms with van der Waals surface area (Å²) in [6.07, 6.45) is 7.43. The quantitative estimate of drug-likeness (QED) is 0.685. The molecule has 2 rings (SSSR count). The Labute approximate surface area is 99.0 Å². The molecule has 1 fully saturated rings. The van der Waals surface area contributed by atoms with Crippen LogP contribution in [0.4, 0.5) is 0 Å². The zero-order valence-electron chi connectivity index (χ0n) is 10.8. The van der Waals surface area contributed by atoms with Crippen LogP contribution in [0.3, 0.4) is 0 Å². The van der Waals surface area contributed by atoms with Gasteiger partial charge in [-0.15, -0.1) is 0 Å². The monoisotopic (exact) mass is 224 g/mol. The summed E-state index contributed by atoms with van der Waals surface area (Å²) in [5.74, 6) is 0.707. The Morgan fingerprint density at radius 3 is 2.81 bits per heavy atom. The van der Waals surface area contributed by atoms with E-state index in [1.165, 1.54) is 24.8 Å². The molecule has 2 nitrogen and oxygen atoms in total. The van der Waals surface area contributed by atoms with Gasteiger partial charge in [0.15, 0.2) is 0 Å². The zero-order chi connectivity index (χ0) is 11.6. The van der Waals surface area contributed by atoms with Gasteiger partial charge in [0.2, 0.25) is 0 Å². The third kappa shape index (κ3) is 3.08. The molecule has 16 heavy (non-hydrogen) atoms. The molecule has 0 bridgehead atoms. The normalized spacial score (nSPS) is 33.8. The largest absolute Gasteiger partial charge is 0.375 e. The Bertz CT molecular complexity index is 258. The van der Waals surface area contributed by atoms with E-state index in [0.29, 0.717) is 12.0 Å². The van der Waals surface area contributed by atoms with Crippen LogP contribution in [0, 0.1) is 5.92 Å². The van der Waals surface area contributed by atoms with E-state index in [1.54, 1.807) is 0 Å². The highest BCUT2D eigenvalue weighted by Crippen LogP contribution is 2.32. The molecule has 0 aromatic rings. The second-order valence-electron chi connectivity index (χ2n) is 5.76. The predicted octanol–water partition coefficient (Wildman–Crippen LogP) is 3.32. The Morgan fingerprint density at radius 1 is 1.44 bits per heavy atom. The summed E-state index contributed by atoms with van der Waals surface area (Å²) in [7, 11) is 0. The minimum atomic E-state index is 0.100. The van der Waals surface area contributed by atoms with E-state index in [-0.39, 0.29) is 5.60 Å². The van der Waals surface area contributed by atoms with Gasteiger partial charge in [0.1, 0.15) is 0 Å². The molecule has 0 spiro atoms. The third-order valence-electron chi connectivity index (χ3n) is 3.72. The highest BCUT2D eigenvalue weighted by atomic mass is 16.5. The molecule has 0 aliphatic carbocycles. The molecule has 0 N–H and O–H groups in total. The first-order chi connectivity index (χ1) is 7.59. The maximum Gasteiger partial charge on any atom is 0.0761 e. The van der Waals surface area contributed by atoms with Gasteiger partial charge in [-0.05, 0) is 51.0 Å². The number of rotatable bonds is 3. The summed E-state index contributed by atoms with van der Waals surface area (Å²) in [6.45, 7) is 8.32. The van der Waals surface area contributed by atoms with E-state index in [0.717, 1.165) is 19.6 Å². The van der Waals surface area contributed by atoms with Crippen molar-refractivity contribution < 1.29 is 9.47 Å². The van der Waals surface area contributed by atoms with Crippen LogP contribution in [-0.4, -0.2) is 24.9 Å². The number of hydrogen-bond acceptors (Lipinski definition) is 2. The van der Waals surface area contributed by atoms with E-state index in [4.69, 9.17) is 9.47 Å². The average molecular weight is 224 g/mol. The average Bonchev–Trinajstić information content (AvgIpc) is 2.69. The van der Waals surface area contributed by atoms with Crippen LogP contribution in [-0.2, 0) is 9.47 Å². The van der Waals surface area contributed by atoms with E-state index in [2.05, 4.69) is 26.8 Å². The highest BCUT2D eigenvalue weighted by Gasteiger charge is 2.28. The van der Waals surface area contributed by atoms with Gasteiger partial charge in [-0.25, -0.2) is 0 Å². The predicted molar refractivity (Wildman–Crippen MR) is 65.5 cm³/mol. The van der Waals surface area contributed by atoms with Crippen LogP contribution < -0.4 is 0 Å². The molecule has 2 unspecified atom stereocenters. The summed E-state index contributed by atoms with van der Waals surface area (Å²) < 4.78 is 11.5. The van der Waals surface area contributed by atoms with Crippen LogP contribution in [0.2, 0.25) is 0 Å². The molecule has 2 atom stereocenters. The molecule has 0 aromatic carbocycles. The Hall–Kier alpha value is -0.340. The molecule has 0 amide bonds. The molecule has 2 aliphatic rings. The van der Waals surface area contributed by atoms with Crippen LogP contribution >= 0.6 is 0 Å². The van der Waals surface area contributed by atoms with Crippen LogP contribution in [0.25, 0.3) is 0 Å². The highest BCUT2D eigenvalue weighted by molar-refractivity contribution is 5.11. The maximum absolute atomic E-state index is 5.87. The Morgan fingerprint density at radius 2 is 2.25 bits per heavy atom. The van der Waals surface area contributed by atoms with Gasteiger partial charge < -0.3 is 9.47 Å². The fourth-order valence-electron chi connectivity index (χ4n) is 2.52. The second kappa shape index (κ2) is 4.89. The Balaban J connectivity index is 1.79. The summed E-state index contributed by atoms with van der Waals surface area (Å²) in [6, 6.07) is 0. The third-order valence-corrected chi connectivity index (χ3v) is 3.72. The first-order valence-corrected chi connectivity index (χ1v) is 6.54. The lowest BCUT2D eigenvalue weighted by atomic mass is 9.87. The van der Waals surface area contributed by atoms with E-state index in [9.17, 15) is 0 Å². The molecular weight excluding hydrogens is 200 g/mol. The summed E-state index contributed by atoms with van der Waals surface area (Å²) in [4.78, 5) is 0. The van der Waals surface area contributed by atoms with Gasteiger partial charge in [0, 0.05) is 0 Å². The first kappa shape index (κ1) is 12.1. The molecule has 2 heteroatoms. The SMILES string of the molecule is CCC1C=C(CC2CCC(C)(C)OC2)CO1. The van der Waals surface area contributed by atoms with Crippen molar-refractivity contribution in [2.24, 2.45) is 5.92 Å². The van der Waals surface area contributed by atoms with E-state index >= 15 is 0 Å². The molecule has 2 aliphatic heterocycles. The zero-order valence-corrected chi connectivity index (χ0v) is 10.8. The summed E-state index contributed by atoms with van der Waals surface area (Å²) in [5, 5.41) is 0. The van der Waals surface area contributed by atoms with Gasteiger partial charge in [0.25, 0.3) is 0 Å². The van der Waals surface area contributed by atoms with Crippen molar-refractivity contribution in [2.75, 3.05) is 13.2 Å². The van der Waals surface area contributed by atoms with Crippen molar-refractivity contribution in [3.8, 4) is 0 Å². The van der Waals surface area contributed by atoms with Crippen molar-refractivity contribution in [3.05, 3.63) is 11.6 Å². The molecule has 0 aromatic heterocycles. The molecule has 0 saturated carbocycles. The van der Waals surface area contributed by atoms with E-state index in [1.807, 2.05) is 0 Å². The van der Waals surface area contributed by atoms with Crippen molar-refractivity contribution in [2.45, 2.75) is 58.2 Å². The molecular formula is C14H24O2. The van der Waals surface area contributed by atoms with Gasteiger partial charge in [0.05, 0.1) is 24.9 Å². The minimum absolute atomic E-state index is 0.100. The summed E-state index contributed by atoms with van der Waals surface area (Å²) in [5.41, 5.74) is 1.59. The standard InChI is InChI=1S/C14H24O2/c1-4-13-8-12(9-15-13)7-11-5-6-14(2,3)16-10-11/h8,11,13H,4-7,9-10H2,1-3H3. The van der Waals surface area contributed by atoms with Crippen LogP contribution in [0.5, 0.6) is 0 Å². The molecule has 92 valence electrons. The maximum atomic E-state index is 5.87. The number of hydrogen-bond donors (Lipinski definition) is 0.